The van der Waals surface area contributed by atoms with Crippen molar-refractivity contribution in [2.75, 3.05) is 13.7 Å². The van der Waals surface area contributed by atoms with Crippen LogP contribution in [-0.4, -0.2) is 40.8 Å². The van der Waals surface area contributed by atoms with Crippen LogP contribution < -0.4 is 10.3 Å². The lowest BCUT2D eigenvalue weighted by Crippen LogP contribution is -2.30. The first kappa shape index (κ1) is 15.6. The number of rotatable bonds is 5. The Hall–Kier alpha value is -1.79. The molecule has 0 N–H and O–H groups in total. The predicted octanol–water partition coefficient (Wildman–Crippen LogP) is 1.18. The molecule has 1 saturated heterocycles. The Bertz CT molecular complexity index is 587. The van der Waals surface area contributed by atoms with Crippen molar-refractivity contribution in [3.63, 3.8) is 0 Å². The van der Waals surface area contributed by atoms with Crippen molar-refractivity contribution in [3.05, 3.63) is 41.2 Å². The zero-order chi connectivity index (χ0) is 15.4. The molecule has 0 unspecified atom stereocenters. The van der Waals surface area contributed by atoms with Crippen LogP contribution in [-0.2, 0) is 16.1 Å². The molecule has 2 heterocycles. The lowest BCUT2D eigenvalue weighted by molar-refractivity contribution is -0.144. The highest BCUT2D eigenvalue weighted by Gasteiger charge is 2.38. The van der Waals surface area contributed by atoms with E-state index >= 15 is 0 Å². The van der Waals surface area contributed by atoms with E-state index in [0.29, 0.717) is 25.4 Å². The van der Waals surface area contributed by atoms with Gasteiger partial charge in [-0.15, -0.1) is 6.58 Å². The molecule has 0 saturated carbocycles. The monoisotopic (exact) mass is 312 g/mol. The lowest BCUT2D eigenvalue weighted by Gasteiger charge is -2.16. The number of carbonyl (C=O) groups is 1. The summed E-state index contributed by atoms with van der Waals surface area (Å²) >= 11 is 6.01. The Morgan fingerprint density at radius 2 is 2.33 bits per heavy atom. The van der Waals surface area contributed by atoms with Crippen LogP contribution in [0.3, 0.4) is 0 Å². The number of esters is 1. The highest BCUT2D eigenvalue weighted by atomic mass is 35.5. The second-order valence-electron chi connectivity index (χ2n) is 4.70. The molecule has 1 fully saturated rings. The van der Waals surface area contributed by atoms with Crippen LogP contribution in [0.1, 0.15) is 6.42 Å². The standard InChI is InChI=1S/C14H17ClN2O4/c1-3-7-16-12(18)5-4-6-13(16)21-10-8-11(14(19)20-2)17(15)9-10/h3-6,10-11H,1,7-9H2,2H3/t10-,11+/m1/s1. The number of allylic oxidation sites excluding steroid dienone is 1. The molecule has 2 atom stereocenters. The van der Waals surface area contributed by atoms with E-state index in [1.165, 1.54) is 22.2 Å². The highest BCUT2D eigenvalue weighted by Crippen LogP contribution is 2.24. The largest absolute Gasteiger partial charge is 0.474 e. The summed E-state index contributed by atoms with van der Waals surface area (Å²) in [5.41, 5.74) is -0.169. The first-order valence-corrected chi connectivity index (χ1v) is 6.88. The Morgan fingerprint density at radius 1 is 1.57 bits per heavy atom. The zero-order valence-corrected chi connectivity index (χ0v) is 12.5. The zero-order valence-electron chi connectivity index (χ0n) is 11.7. The quantitative estimate of drug-likeness (QED) is 0.464. The van der Waals surface area contributed by atoms with Crippen LogP contribution in [0.25, 0.3) is 0 Å². The average Bonchev–Trinajstić information content (AvgIpc) is 2.82. The summed E-state index contributed by atoms with van der Waals surface area (Å²) < 4.78 is 13.4. The van der Waals surface area contributed by atoms with Crippen molar-refractivity contribution in [2.24, 2.45) is 0 Å². The fourth-order valence-corrected chi connectivity index (χ4v) is 2.59. The molecule has 1 aromatic rings. The van der Waals surface area contributed by atoms with Gasteiger partial charge in [-0.2, -0.15) is 0 Å². The Labute approximate surface area is 127 Å². The van der Waals surface area contributed by atoms with E-state index in [-0.39, 0.29) is 11.7 Å². The van der Waals surface area contributed by atoms with Crippen LogP contribution in [0, 0.1) is 0 Å². The van der Waals surface area contributed by atoms with Crippen molar-refractivity contribution in [1.82, 2.24) is 8.99 Å². The smallest absolute Gasteiger partial charge is 0.324 e. The van der Waals surface area contributed by atoms with Gasteiger partial charge in [0.15, 0.2) is 5.88 Å². The number of nitrogens with zero attached hydrogens (tertiary/aromatic N) is 2. The minimum Gasteiger partial charge on any atom is -0.474 e. The maximum Gasteiger partial charge on any atom is 0.324 e. The summed E-state index contributed by atoms with van der Waals surface area (Å²) in [6.45, 7) is 4.35. The Kier molecular flexibility index (Phi) is 5.03. The summed E-state index contributed by atoms with van der Waals surface area (Å²) in [7, 11) is 1.32. The molecule has 0 radical (unpaired) electrons. The Morgan fingerprint density at radius 3 is 3.00 bits per heavy atom. The maximum atomic E-state index is 11.8. The normalized spacial score (nSPS) is 22.0. The minimum absolute atomic E-state index is 0.169. The molecule has 0 aromatic carbocycles. The summed E-state index contributed by atoms with van der Waals surface area (Å²) in [5.74, 6) is 0.0376. The third-order valence-electron chi connectivity index (χ3n) is 3.28. The van der Waals surface area contributed by atoms with Crippen LogP contribution >= 0.6 is 11.8 Å². The van der Waals surface area contributed by atoms with Gasteiger partial charge in [-0.3, -0.25) is 14.2 Å². The molecule has 2 rings (SSSR count). The molecule has 0 amide bonds. The van der Waals surface area contributed by atoms with E-state index in [4.69, 9.17) is 21.3 Å². The van der Waals surface area contributed by atoms with E-state index in [1.54, 1.807) is 18.2 Å². The summed E-state index contributed by atoms with van der Waals surface area (Å²) in [5, 5.41) is 0. The maximum absolute atomic E-state index is 11.8. The number of methoxy groups -OCH3 is 1. The van der Waals surface area contributed by atoms with Crippen LogP contribution in [0.15, 0.2) is 35.6 Å². The van der Waals surface area contributed by atoms with E-state index in [1.807, 2.05) is 0 Å². The number of halogens is 1. The van der Waals surface area contributed by atoms with Crippen LogP contribution in [0.2, 0.25) is 0 Å². The fraction of sp³-hybridized carbons (Fsp3) is 0.429. The summed E-state index contributed by atoms with van der Waals surface area (Å²) in [4.78, 5) is 23.4. The molecular weight excluding hydrogens is 296 g/mol. The van der Waals surface area contributed by atoms with E-state index in [2.05, 4.69) is 6.58 Å². The summed E-state index contributed by atoms with van der Waals surface area (Å²) in [6.07, 6.45) is 1.74. The van der Waals surface area contributed by atoms with Crippen molar-refractivity contribution in [1.29, 1.82) is 0 Å². The molecule has 7 heteroatoms. The molecule has 1 aliphatic heterocycles. The topological polar surface area (TPSA) is 60.8 Å². The highest BCUT2D eigenvalue weighted by molar-refractivity contribution is 6.15. The van der Waals surface area contributed by atoms with Gasteiger partial charge in [0.1, 0.15) is 12.1 Å². The SMILES string of the molecule is C=CCn1c(O[C@@H]2C[C@@H](C(=O)OC)N(Cl)C2)cccc1=O. The molecule has 114 valence electrons. The molecule has 1 aliphatic rings. The van der Waals surface area contributed by atoms with Gasteiger partial charge in [0.2, 0.25) is 0 Å². The van der Waals surface area contributed by atoms with Crippen molar-refractivity contribution < 1.29 is 14.3 Å². The first-order valence-electron chi connectivity index (χ1n) is 6.54. The third-order valence-corrected chi connectivity index (χ3v) is 3.66. The summed E-state index contributed by atoms with van der Waals surface area (Å²) in [6, 6.07) is 4.25. The Balaban J connectivity index is 2.13. The predicted molar refractivity (Wildman–Crippen MR) is 78.3 cm³/mol. The third kappa shape index (κ3) is 3.46. The number of hydrogen-bond acceptors (Lipinski definition) is 5. The molecule has 21 heavy (non-hydrogen) atoms. The molecule has 0 spiro atoms. The average molecular weight is 313 g/mol. The molecule has 0 bridgehead atoms. The van der Waals surface area contributed by atoms with Gasteiger partial charge in [0.05, 0.1) is 13.7 Å². The fourth-order valence-electron chi connectivity index (χ4n) is 2.28. The molecular formula is C14H17ClN2O4. The van der Waals surface area contributed by atoms with Gasteiger partial charge in [-0.1, -0.05) is 12.1 Å². The second kappa shape index (κ2) is 6.78. The molecule has 6 nitrogen and oxygen atoms in total. The van der Waals surface area contributed by atoms with Gasteiger partial charge >= 0.3 is 5.97 Å². The first-order chi connectivity index (χ1) is 10.1. The molecule has 0 aliphatic carbocycles. The lowest BCUT2D eigenvalue weighted by atomic mass is 10.2. The number of ether oxygens (including phenoxy) is 2. The van der Waals surface area contributed by atoms with Gasteiger partial charge in [0.25, 0.3) is 5.56 Å². The van der Waals surface area contributed by atoms with Crippen molar-refractivity contribution >= 4 is 17.7 Å². The number of pyridine rings is 1. The van der Waals surface area contributed by atoms with Gasteiger partial charge < -0.3 is 9.47 Å². The van der Waals surface area contributed by atoms with Gasteiger partial charge in [-0.05, 0) is 17.8 Å². The van der Waals surface area contributed by atoms with E-state index in [0.717, 1.165) is 0 Å². The number of aromatic nitrogens is 1. The van der Waals surface area contributed by atoms with Crippen LogP contribution in [0.4, 0.5) is 0 Å². The van der Waals surface area contributed by atoms with Crippen molar-refractivity contribution in [2.45, 2.75) is 25.1 Å². The minimum atomic E-state index is -0.537. The molecule has 1 aromatic heterocycles. The number of hydrogen-bond donors (Lipinski definition) is 0. The second-order valence-corrected chi connectivity index (χ2v) is 5.13. The van der Waals surface area contributed by atoms with Gasteiger partial charge in [0, 0.05) is 19.0 Å². The van der Waals surface area contributed by atoms with Crippen LogP contribution in [0.5, 0.6) is 5.88 Å². The van der Waals surface area contributed by atoms with E-state index in [9.17, 15) is 9.59 Å². The van der Waals surface area contributed by atoms with Crippen molar-refractivity contribution in [3.8, 4) is 5.88 Å². The van der Waals surface area contributed by atoms with Gasteiger partial charge in [-0.25, -0.2) is 4.42 Å². The van der Waals surface area contributed by atoms with E-state index < -0.39 is 12.0 Å². The number of carbonyl (C=O) groups excluding carboxylic acids is 1.